The van der Waals surface area contributed by atoms with E-state index in [4.69, 9.17) is 16.3 Å². The number of ketones is 1. The van der Waals surface area contributed by atoms with Crippen LogP contribution in [0.3, 0.4) is 0 Å². The molecule has 4 nitrogen and oxygen atoms in total. The minimum atomic E-state index is -0.0183. The topological polar surface area (TPSA) is 44.1 Å². The zero-order chi connectivity index (χ0) is 16.5. The molecule has 2 heterocycles. The van der Waals surface area contributed by atoms with Crippen LogP contribution in [0.25, 0.3) is 10.9 Å². The zero-order valence-corrected chi connectivity index (χ0v) is 13.9. The minimum absolute atomic E-state index is 0.00549. The summed E-state index contributed by atoms with van der Waals surface area (Å²) in [5.41, 5.74) is 2.27. The summed E-state index contributed by atoms with van der Waals surface area (Å²) in [5.74, 6) is -0.0183. The van der Waals surface area contributed by atoms with E-state index in [0.29, 0.717) is 16.1 Å². The molecule has 24 heavy (non-hydrogen) atoms. The Balaban J connectivity index is 1.66. The molecule has 3 aromatic rings. The normalized spacial score (nSPS) is 18.0. The third kappa shape index (κ3) is 2.83. The summed E-state index contributed by atoms with van der Waals surface area (Å²) in [5, 5.41) is 6.04. The first kappa shape index (κ1) is 15.4. The Morgan fingerprint density at radius 3 is 2.67 bits per heavy atom. The van der Waals surface area contributed by atoms with Crippen molar-refractivity contribution in [2.75, 3.05) is 6.61 Å². The summed E-state index contributed by atoms with van der Waals surface area (Å²) >= 11 is 5.88. The van der Waals surface area contributed by atoms with E-state index < -0.39 is 0 Å². The quantitative estimate of drug-likeness (QED) is 0.653. The number of aromatic nitrogens is 2. The van der Waals surface area contributed by atoms with Gasteiger partial charge in [-0.25, -0.2) is 4.68 Å². The van der Waals surface area contributed by atoms with Gasteiger partial charge in [-0.1, -0.05) is 11.6 Å². The van der Waals surface area contributed by atoms with E-state index in [-0.39, 0.29) is 12.0 Å². The highest BCUT2D eigenvalue weighted by Crippen LogP contribution is 2.27. The molecule has 0 N–H and O–H groups in total. The van der Waals surface area contributed by atoms with Crippen LogP contribution in [0.1, 0.15) is 41.4 Å². The average Bonchev–Trinajstić information content (AvgIpc) is 3.05. The number of benzene rings is 2. The molecule has 5 heteroatoms. The summed E-state index contributed by atoms with van der Waals surface area (Å²) in [7, 11) is 0. The maximum atomic E-state index is 12.6. The Morgan fingerprint density at radius 1 is 1.12 bits per heavy atom. The standard InChI is InChI=1S/C19H17ClN2O2/c20-16-7-4-13(5-8-16)19(23)14-6-9-17-15(11-14)12-21-22(17)18-3-1-2-10-24-18/h4-9,11-12,18H,1-3,10H2. The average molecular weight is 341 g/mol. The third-order valence-corrected chi connectivity index (χ3v) is 4.64. The van der Waals surface area contributed by atoms with E-state index >= 15 is 0 Å². The third-order valence-electron chi connectivity index (χ3n) is 4.39. The number of hydrogen-bond donors (Lipinski definition) is 0. The van der Waals surface area contributed by atoms with Gasteiger partial charge in [0, 0.05) is 28.1 Å². The van der Waals surface area contributed by atoms with Gasteiger partial charge < -0.3 is 4.74 Å². The molecule has 4 rings (SSSR count). The van der Waals surface area contributed by atoms with Gasteiger partial charge >= 0.3 is 0 Å². The molecule has 1 fully saturated rings. The summed E-state index contributed by atoms with van der Waals surface area (Å²) in [4.78, 5) is 12.6. The van der Waals surface area contributed by atoms with Crippen LogP contribution in [0.4, 0.5) is 0 Å². The summed E-state index contributed by atoms with van der Waals surface area (Å²) in [6, 6.07) is 12.6. The first-order valence-electron chi connectivity index (χ1n) is 8.11. The molecule has 1 aliphatic heterocycles. The van der Waals surface area contributed by atoms with Crippen LogP contribution < -0.4 is 0 Å². The Morgan fingerprint density at radius 2 is 1.92 bits per heavy atom. The lowest BCUT2D eigenvalue weighted by Gasteiger charge is -2.23. The van der Waals surface area contributed by atoms with Gasteiger partial charge in [-0.05, 0) is 61.7 Å². The molecule has 0 aliphatic carbocycles. The van der Waals surface area contributed by atoms with Crippen molar-refractivity contribution in [3.8, 4) is 0 Å². The fourth-order valence-electron chi connectivity index (χ4n) is 3.11. The molecular weight excluding hydrogens is 324 g/mol. The molecule has 1 unspecified atom stereocenters. The number of hydrogen-bond acceptors (Lipinski definition) is 3. The highest BCUT2D eigenvalue weighted by molar-refractivity contribution is 6.30. The largest absolute Gasteiger partial charge is 0.356 e. The lowest BCUT2D eigenvalue weighted by molar-refractivity contribution is -0.0366. The highest BCUT2D eigenvalue weighted by atomic mass is 35.5. The van der Waals surface area contributed by atoms with Crippen molar-refractivity contribution in [2.24, 2.45) is 0 Å². The number of ether oxygens (including phenoxy) is 1. The Labute approximate surface area is 145 Å². The fraction of sp³-hybridized carbons (Fsp3) is 0.263. The zero-order valence-electron chi connectivity index (χ0n) is 13.1. The Bertz CT molecular complexity index is 880. The van der Waals surface area contributed by atoms with Gasteiger partial charge in [0.15, 0.2) is 12.0 Å². The number of nitrogens with zero attached hydrogens (tertiary/aromatic N) is 2. The van der Waals surface area contributed by atoms with Gasteiger partial charge in [0.25, 0.3) is 0 Å². The van der Waals surface area contributed by atoms with Crippen LogP contribution in [0.5, 0.6) is 0 Å². The number of rotatable bonds is 3. The van der Waals surface area contributed by atoms with Crippen molar-refractivity contribution in [3.05, 3.63) is 64.8 Å². The fourth-order valence-corrected chi connectivity index (χ4v) is 3.23. The van der Waals surface area contributed by atoms with Gasteiger partial charge in [-0.2, -0.15) is 5.10 Å². The van der Waals surface area contributed by atoms with Gasteiger partial charge in [-0.3, -0.25) is 4.79 Å². The molecule has 1 aliphatic rings. The second-order valence-corrected chi connectivity index (χ2v) is 6.46. The Kier molecular flexibility index (Phi) is 4.08. The molecule has 0 amide bonds. The van der Waals surface area contributed by atoms with E-state index in [1.165, 1.54) is 0 Å². The van der Waals surface area contributed by atoms with Crippen LogP contribution in [0.2, 0.25) is 5.02 Å². The van der Waals surface area contributed by atoms with Crippen molar-refractivity contribution in [1.82, 2.24) is 9.78 Å². The number of halogens is 1. The predicted molar refractivity (Wildman–Crippen MR) is 93.5 cm³/mol. The molecule has 0 spiro atoms. The first-order valence-corrected chi connectivity index (χ1v) is 8.49. The first-order chi connectivity index (χ1) is 11.7. The van der Waals surface area contributed by atoms with Gasteiger partial charge in [0.2, 0.25) is 0 Å². The molecular formula is C19H17ClN2O2. The van der Waals surface area contributed by atoms with Gasteiger partial charge in [-0.15, -0.1) is 0 Å². The van der Waals surface area contributed by atoms with Crippen LogP contribution in [0.15, 0.2) is 48.7 Å². The maximum absolute atomic E-state index is 12.6. The lowest BCUT2D eigenvalue weighted by Crippen LogP contribution is -2.18. The smallest absolute Gasteiger partial charge is 0.193 e. The molecule has 1 saturated heterocycles. The van der Waals surface area contributed by atoms with E-state index in [1.54, 1.807) is 30.5 Å². The van der Waals surface area contributed by atoms with Crippen LogP contribution in [-0.4, -0.2) is 22.2 Å². The van der Waals surface area contributed by atoms with E-state index in [9.17, 15) is 4.79 Å². The number of carbonyl (C=O) groups is 1. The second-order valence-electron chi connectivity index (χ2n) is 6.02. The second kappa shape index (κ2) is 6.38. The van der Waals surface area contributed by atoms with Crippen molar-refractivity contribution < 1.29 is 9.53 Å². The van der Waals surface area contributed by atoms with Crippen LogP contribution in [-0.2, 0) is 4.74 Å². The number of carbonyl (C=O) groups excluding carboxylic acids is 1. The maximum Gasteiger partial charge on any atom is 0.193 e. The molecule has 122 valence electrons. The Hall–Kier alpha value is -2.17. The summed E-state index contributed by atoms with van der Waals surface area (Å²) < 4.78 is 7.73. The monoisotopic (exact) mass is 340 g/mol. The predicted octanol–water partition coefficient (Wildman–Crippen LogP) is 4.62. The van der Waals surface area contributed by atoms with Crippen LogP contribution >= 0.6 is 11.6 Å². The van der Waals surface area contributed by atoms with Crippen molar-refractivity contribution in [1.29, 1.82) is 0 Å². The molecule has 1 aromatic heterocycles. The van der Waals surface area contributed by atoms with Crippen molar-refractivity contribution in [2.45, 2.75) is 25.5 Å². The van der Waals surface area contributed by atoms with Crippen LogP contribution in [0, 0.1) is 0 Å². The summed E-state index contributed by atoms with van der Waals surface area (Å²) in [6.45, 7) is 0.777. The molecule has 0 saturated carbocycles. The van der Waals surface area contributed by atoms with Crippen molar-refractivity contribution in [3.63, 3.8) is 0 Å². The minimum Gasteiger partial charge on any atom is -0.356 e. The van der Waals surface area contributed by atoms with Crippen molar-refractivity contribution >= 4 is 28.3 Å². The lowest BCUT2D eigenvalue weighted by atomic mass is 10.0. The van der Waals surface area contributed by atoms with E-state index in [0.717, 1.165) is 36.8 Å². The van der Waals surface area contributed by atoms with E-state index in [1.807, 2.05) is 22.9 Å². The van der Waals surface area contributed by atoms with E-state index in [2.05, 4.69) is 5.10 Å². The molecule has 1 atom stereocenters. The molecule has 0 bridgehead atoms. The highest BCUT2D eigenvalue weighted by Gasteiger charge is 2.19. The summed E-state index contributed by atoms with van der Waals surface area (Å²) in [6.07, 6.45) is 5.03. The molecule has 2 aromatic carbocycles. The van der Waals surface area contributed by atoms with Gasteiger partial charge in [0.1, 0.15) is 0 Å². The van der Waals surface area contributed by atoms with Gasteiger partial charge in [0.05, 0.1) is 11.7 Å². The SMILES string of the molecule is O=C(c1ccc(Cl)cc1)c1ccc2c(cnn2C2CCCCO2)c1. The number of fused-ring (bicyclic) bond motifs is 1. The molecule has 0 radical (unpaired) electrons.